The molecule has 122 valence electrons. The Labute approximate surface area is 150 Å². The Morgan fingerprint density at radius 2 is 1.38 bits per heavy atom. The molecule has 5 aromatic rings. The Kier molecular flexibility index (Phi) is 2.64. The second kappa shape index (κ2) is 4.99. The number of rotatable bonds is 1. The van der Waals surface area contributed by atoms with Crippen LogP contribution in [-0.4, -0.2) is 4.57 Å². The van der Waals surface area contributed by atoms with Crippen molar-refractivity contribution in [3.8, 4) is 28.3 Å². The van der Waals surface area contributed by atoms with Crippen molar-refractivity contribution in [3.05, 3.63) is 91.0 Å². The highest BCUT2D eigenvalue weighted by atomic mass is 16.5. The van der Waals surface area contributed by atoms with E-state index in [0.29, 0.717) is 0 Å². The van der Waals surface area contributed by atoms with Crippen molar-refractivity contribution < 1.29 is 4.74 Å². The minimum absolute atomic E-state index is 0.898. The molecule has 2 nitrogen and oxygen atoms in total. The maximum absolute atomic E-state index is 6.17. The molecule has 0 fully saturated rings. The van der Waals surface area contributed by atoms with Gasteiger partial charge >= 0.3 is 0 Å². The topological polar surface area (TPSA) is 14.2 Å². The second-order valence-electron chi connectivity index (χ2n) is 6.66. The van der Waals surface area contributed by atoms with E-state index in [1.54, 1.807) is 0 Å². The van der Waals surface area contributed by atoms with Gasteiger partial charge in [0.05, 0.1) is 16.7 Å². The minimum Gasteiger partial charge on any atom is -0.453 e. The summed E-state index contributed by atoms with van der Waals surface area (Å²) in [6.45, 7) is 0. The van der Waals surface area contributed by atoms with Gasteiger partial charge < -0.3 is 9.30 Å². The largest absolute Gasteiger partial charge is 0.453 e. The average Bonchev–Trinajstić information content (AvgIpc) is 3.05. The van der Waals surface area contributed by atoms with Gasteiger partial charge in [-0.05, 0) is 35.4 Å². The molecule has 0 bridgehead atoms. The standard InChI is InChI=1S/C24H15NO/c1-2-7-16(8-3-1)17-13-14-18-19-9-6-12-23-24(19)25(21(18)15-17)20-10-4-5-11-22(20)26-23/h1-15H. The Bertz CT molecular complexity index is 1300. The second-order valence-corrected chi connectivity index (χ2v) is 6.66. The van der Waals surface area contributed by atoms with Gasteiger partial charge in [-0.3, -0.25) is 0 Å². The van der Waals surface area contributed by atoms with Crippen LogP contribution < -0.4 is 4.74 Å². The summed E-state index contributed by atoms with van der Waals surface area (Å²) in [5, 5.41) is 2.48. The Hall–Kier alpha value is -3.52. The van der Waals surface area contributed by atoms with E-state index in [2.05, 4.69) is 77.4 Å². The first-order chi connectivity index (χ1) is 12.9. The van der Waals surface area contributed by atoms with E-state index in [1.807, 2.05) is 18.2 Å². The van der Waals surface area contributed by atoms with Crippen molar-refractivity contribution in [2.24, 2.45) is 0 Å². The van der Waals surface area contributed by atoms with Gasteiger partial charge in [-0.25, -0.2) is 0 Å². The van der Waals surface area contributed by atoms with Crippen LogP contribution in [-0.2, 0) is 0 Å². The van der Waals surface area contributed by atoms with Crippen LogP contribution in [0.2, 0.25) is 0 Å². The summed E-state index contributed by atoms with van der Waals surface area (Å²) in [5.74, 6) is 1.81. The number of para-hydroxylation sites is 3. The average molecular weight is 333 g/mol. The highest BCUT2D eigenvalue weighted by Gasteiger charge is 2.23. The molecule has 0 unspecified atom stereocenters. The highest BCUT2D eigenvalue weighted by Crippen LogP contribution is 2.45. The normalized spacial score (nSPS) is 12.2. The van der Waals surface area contributed by atoms with E-state index >= 15 is 0 Å². The van der Waals surface area contributed by atoms with Crippen molar-refractivity contribution in [1.82, 2.24) is 4.57 Å². The van der Waals surface area contributed by atoms with Gasteiger partial charge in [-0.1, -0.05) is 66.7 Å². The first kappa shape index (κ1) is 13.7. The minimum atomic E-state index is 0.898. The van der Waals surface area contributed by atoms with Crippen LogP contribution in [0.1, 0.15) is 0 Å². The van der Waals surface area contributed by atoms with E-state index in [0.717, 1.165) is 22.7 Å². The number of ether oxygens (including phenoxy) is 1. The molecular weight excluding hydrogens is 318 g/mol. The van der Waals surface area contributed by atoms with Crippen LogP contribution in [0.3, 0.4) is 0 Å². The lowest BCUT2D eigenvalue weighted by molar-refractivity contribution is 0.476. The third-order valence-corrected chi connectivity index (χ3v) is 5.18. The molecule has 4 aromatic carbocycles. The smallest absolute Gasteiger partial charge is 0.152 e. The summed E-state index contributed by atoms with van der Waals surface area (Å²) < 4.78 is 8.51. The Balaban J connectivity index is 1.77. The monoisotopic (exact) mass is 333 g/mol. The first-order valence-corrected chi connectivity index (χ1v) is 8.80. The first-order valence-electron chi connectivity index (χ1n) is 8.80. The molecule has 0 saturated carbocycles. The van der Waals surface area contributed by atoms with Crippen LogP contribution in [0.4, 0.5) is 0 Å². The van der Waals surface area contributed by atoms with Crippen LogP contribution >= 0.6 is 0 Å². The predicted molar refractivity (Wildman–Crippen MR) is 106 cm³/mol. The summed E-state index contributed by atoms with van der Waals surface area (Å²) in [5.41, 5.74) is 5.91. The SMILES string of the molecule is c1ccc(-c2ccc3c4cccc5c4n(c3c2)-c2ccccc2O5)cc1. The fourth-order valence-electron chi connectivity index (χ4n) is 4.02. The molecule has 2 heteroatoms. The van der Waals surface area contributed by atoms with Crippen molar-refractivity contribution in [1.29, 1.82) is 0 Å². The molecule has 0 radical (unpaired) electrons. The summed E-state index contributed by atoms with van der Waals surface area (Å²) in [7, 11) is 0. The third kappa shape index (κ3) is 1.76. The molecule has 0 spiro atoms. The molecule has 1 aromatic heterocycles. The zero-order valence-electron chi connectivity index (χ0n) is 14.0. The lowest BCUT2D eigenvalue weighted by atomic mass is 10.0. The van der Waals surface area contributed by atoms with E-state index < -0.39 is 0 Å². The summed E-state index contributed by atoms with van der Waals surface area (Å²) in [6.07, 6.45) is 0. The maximum Gasteiger partial charge on any atom is 0.152 e. The Morgan fingerprint density at radius 3 is 2.31 bits per heavy atom. The number of hydrogen-bond acceptors (Lipinski definition) is 1. The van der Waals surface area contributed by atoms with Gasteiger partial charge in [0.15, 0.2) is 11.5 Å². The van der Waals surface area contributed by atoms with E-state index in [9.17, 15) is 0 Å². The number of nitrogens with zero attached hydrogens (tertiary/aromatic N) is 1. The van der Waals surface area contributed by atoms with Crippen LogP contribution in [0.5, 0.6) is 11.5 Å². The van der Waals surface area contributed by atoms with E-state index in [-0.39, 0.29) is 0 Å². The number of benzene rings is 4. The summed E-state index contributed by atoms with van der Waals surface area (Å²) in [6, 6.07) is 31.8. The molecule has 1 aliphatic heterocycles. The quantitative estimate of drug-likeness (QED) is 0.332. The molecule has 6 rings (SSSR count). The lowest BCUT2D eigenvalue weighted by Crippen LogP contribution is -2.03. The van der Waals surface area contributed by atoms with Gasteiger partial charge in [-0.15, -0.1) is 0 Å². The van der Waals surface area contributed by atoms with Crippen molar-refractivity contribution in [2.75, 3.05) is 0 Å². The zero-order chi connectivity index (χ0) is 17.1. The Morgan fingerprint density at radius 1 is 0.577 bits per heavy atom. The fraction of sp³-hybridized carbons (Fsp3) is 0. The van der Waals surface area contributed by atoms with Crippen molar-refractivity contribution in [3.63, 3.8) is 0 Å². The zero-order valence-corrected chi connectivity index (χ0v) is 14.0. The molecule has 0 N–H and O–H groups in total. The van der Waals surface area contributed by atoms with Crippen molar-refractivity contribution in [2.45, 2.75) is 0 Å². The molecule has 2 heterocycles. The number of fused-ring (bicyclic) bond motifs is 5. The van der Waals surface area contributed by atoms with Gasteiger partial charge in [0.25, 0.3) is 0 Å². The molecule has 26 heavy (non-hydrogen) atoms. The van der Waals surface area contributed by atoms with E-state index in [4.69, 9.17) is 4.74 Å². The molecule has 0 amide bonds. The maximum atomic E-state index is 6.17. The molecule has 1 aliphatic rings. The molecule has 0 saturated heterocycles. The molecule has 0 aliphatic carbocycles. The van der Waals surface area contributed by atoms with Gasteiger partial charge in [0, 0.05) is 10.8 Å². The van der Waals surface area contributed by atoms with Gasteiger partial charge in [0.2, 0.25) is 0 Å². The van der Waals surface area contributed by atoms with Gasteiger partial charge in [-0.2, -0.15) is 0 Å². The van der Waals surface area contributed by atoms with Crippen LogP contribution in [0, 0.1) is 0 Å². The molecular formula is C24H15NO. The fourth-order valence-corrected chi connectivity index (χ4v) is 4.02. The lowest BCUT2D eigenvalue weighted by Gasteiger charge is -2.20. The molecule has 0 atom stereocenters. The van der Waals surface area contributed by atoms with Crippen LogP contribution in [0.25, 0.3) is 38.6 Å². The number of aromatic nitrogens is 1. The summed E-state index contributed by atoms with van der Waals surface area (Å²) >= 11 is 0. The summed E-state index contributed by atoms with van der Waals surface area (Å²) in [4.78, 5) is 0. The third-order valence-electron chi connectivity index (χ3n) is 5.18. The van der Waals surface area contributed by atoms with Crippen molar-refractivity contribution >= 4 is 21.8 Å². The van der Waals surface area contributed by atoms with Crippen LogP contribution in [0.15, 0.2) is 91.0 Å². The predicted octanol–water partition coefficient (Wildman–Crippen LogP) is 6.56. The number of hydrogen-bond donors (Lipinski definition) is 0. The van der Waals surface area contributed by atoms with Gasteiger partial charge in [0.1, 0.15) is 0 Å². The van der Waals surface area contributed by atoms with E-state index in [1.165, 1.54) is 27.4 Å². The highest BCUT2D eigenvalue weighted by molar-refractivity contribution is 6.12.